The lowest BCUT2D eigenvalue weighted by molar-refractivity contribution is -0.144. The van der Waals surface area contributed by atoms with Gasteiger partial charge in [0.15, 0.2) is 0 Å². The zero-order valence-corrected chi connectivity index (χ0v) is 11.7. The van der Waals surface area contributed by atoms with Crippen molar-refractivity contribution >= 4 is 5.97 Å². The van der Waals surface area contributed by atoms with Gasteiger partial charge in [0.05, 0.1) is 0 Å². The van der Waals surface area contributed by atoms with E-state index in [2.05, 4.69) is 19.2 Å². The van der Waals surface area contributed by atoms with E-state index in [1.54, 1.807) is 6.92 Å². The van der Waals surface area contributed by atoms with Crippen molar-refractivity contribution in [3.8, 4) is 0 Å². The van der Waals surface area contributed by atoms with E-state index < -0.39 is 11.5 Å². The van der Waals surface area contributed by atoms with Crippen LogP contribution in [0.3, 0.4) is 0 Å². The molecule has 0 amide bonds. The van der Waals surface area contributed by atoms with Gasteiger partial charge < -0.3 is 5.11 Å². The highest BCUT2D eigenvalue weighted by Gasteiger charge is 2.34. The van der Waals surface area contributed by atoms with Gasteiger partial charge in [-0.25, -0.2) is 4.79 Å². The van der Waals surface area contributed by atoms with Crippen molar-refractivity contribution in [3.05, 3.63) is 35.4 Å². The summed E-state index contributed by atoms with van der Waals surface area (Å²) in [5.41, 5.74) is 1.01. The first kappa shape index (κ1) is 14.7. The molecule has 0 heterocycles. The van der Waals surface area contributed by atoms with E-state index in [9.17, 15) is 9.90 Å². The first-order chi connectivity index (χ1) is 8.41. The summed E-state index contributed by atoms with van der Waals surface area (Å²) in [6.07, 6.45) is 0.910. The molecule has 100 valence electrons. The molecule has 1 aromatic carbocycles. The fraction of sp³-hybridized carbons (Fsp3) is 0.533. The molecule has 1 unspecified atom stereocenters. The highest BCUT2D eigenvalue weighted by atomic mass is 16.4. The molecule has 0 aromatic heterocycles. The summed E-state index contributed by atoms with van der Waals surface area (Å²) < 4.78 is 0. The van der Waals surface area contributed by atoms with Crippen molar-refractivity contribution in [2.75, 3.05) is 6.54 Å². The van der Waals surface area contributed by atoms with Crippen molar-refractivity contribution in [2.24, 2.45) is 0 Å². The van der Waals surface area contributed by atoms with Gasteiger partial charge in [-0.3, -0.25) is 5.32 Å². The molecular formula is C15H23NO2. The highest BCUT2D eigenvalue weighted by Crippen LogP contribution is 2.23. The largest absolute Gasteiger partial charge is 0.480 e. The second-order valence-corrected chi connectivity index (χ2v) is 5.13. The number of nitrogens with one attached hydrogen (secondary N) is 1. The fourth-order valence-electron chi connectivity index (χ4n) is 1.88. The van der Waals surface area contributed by atoms with E-state index in [4.69, 9.17) is 0 Å². The SMILES string of the molecule is CCCNC(C)(C(=O)O)c1ccc(C(C)C)cc1. The number of carbonyl (C=O) groups is 1. The molecule has 0 saturated carbocycles. The fourth-order valence-corrected chi connectivity index (χ4v) is 1.88. The Morgan fingerprint density at radius 1 is 1.33 bits per heavy atom. The third kappa shape index (κ3) is 3.10. The van der Waals surface area contributed by atoms with Crippen molar-refractivity contribution in [1.29, 1.82) is 0 Å². The van der Waals surface area contributed by atoms with Crippen LogP contribution in [-0.2, 0) is 10.3 Å². The Labute approximate surface area is 109 Å². The van der Waals surface area contributed by atoms with Crippen LogP contribution in [0, 0.1) is 0 Å². The summed E-state index contributed by atoms with van der Waals surface area (Å²) in [4.78, 5) is 11.5. The van der Waals surface area contributed by atoms with Gasteiger partial charge in [0.25, 0.3) is 0 Å². The van der Waals surface area contributed by atoms with Crippen molar-refractivity contribution in [3.63, 3.8) is 0 Å². The number of hydrogen-bond donors (Lipinski definition) is 2. The maximum atomic E-state index is 11.5. The summed E-state index contributed by atoms with van der Waals surface area (Å²) in [7, 11) is 0. The normalized spacial score (nSPS) is 14.5. The maximum absolute atomic E-state index is 11.5. The third-order valence-electron chi connectivity index (χ3n) is 3.31. The van der Waals surface area contributed by atoms with Gasteiger partial charge in [-0.15, -0.1) is 0 Å². The van der Waals surface area contributed by atoms with E-state index in [0.717, 1.165) is 12.0 Å². The molecule has 1 atom stereocenters. The zero-order valence-electron chi connectivity index (χ0n) is 11.7. The topological polar surface area (TPSA) is 49.3 Å². The van der Waals surface area contributed by atoms with Crippen LogP contribution in [-0.4, -0.2) is 17.6 Å². The van der Waals surface area contributed by atoms with Crippen molar-refractivity contribution < 1.29 is 9.90 Å². The molecule has 1 rings (SSSR count). The predicted octanol–water partition coefficient (Wildman–Crippen LogP) is 3.11. The molecular weight excluding hydrogens is 226 g/mol. The second kappa shape index (κ2) is 6.01. The van der Waals surface area contributed by atoms with E-state index in [1.807, 2.05) is 31.2 Å². The average molecular weight is 249 g/mol. The minimum absolute atomic E-state index is 0.457. The zero-order chi connectivity index (χ0) is 13.8. The van der Waals surface area contributed by atoms with Crippen molar-refractivity contribution in [1.82, 2.24) is 5.32 Å². The second-order valence-electron chi connectivity index (χ2n) is 5.13. The van der Waals surface area contributed by atoms with E-state index in [0.29, 0.717) is 12.5 Å². The Morgan fingerprint density at radius 3 is 2.28 bits per heavy atom. The van der Waals surface area contributed by atoms with E-state index in [-0.39, 0.29) is 0 Å². The summed E-state index contributed by atoms with van der Waals surface area (Å²) in [5.74, 6) is -0.382. The van der Waals surface area contributed by atoms with Crippen LogP contribution in [0.1, 0.15) is 51.2 Å². The average Bonchev–Trinajstić information content (AvgIpc) is 2.35. The maximum Gasteiger partial charge on any atom is 0.328 e. The smallest absolute Gasteiger partial charge is 0.328 e. The molecule has 2 N–H and O–H groups in total. The Bertz CT molecular complexity index is 397. The number of hydrogen-bond acceptors (Lipinski definition) is 2. The minimum Gasteiger partial charge on any atom is -0.480 e. The first-order valence-corrected chi connectivity index (χ1v) is 6.50. The summed E-state index contributed by atoms with van der Waals surface area (Å²) >= 11 is 0. The summed E-state index contributed by atoms with van der Waals surface area (Å²) in [6.45, 7) is 8.68. The van der Waals surface area contributed by atoms with Crippen molar-refractivity contribution in [2.45, 2.75) is 45.6 Å². The lowest BCUT2D eigenvalue weighted by atomic mass is 9.90. The lowest BCUT2D eigenvalue weighted by Gasteiger charge is -2.27. The van der Waals surface area contributed by atoms with Gasteiger partial charge in [0, 0.05) is 0 Å². The monoisotopic (exact) mass is 249 g/mol. The molecule has 3 nitrogen and oxygen atoms in total. The van der Waals surface area contributed by atoms with Crippen LogP contribution < -0.4 is 5.32 Å². The van der Waals surface area contributed by atoms with Gasteiger partial charge >= 0.3 is 5.97 Å². The highest BCUT2D eigenvalue weighted by molar-refractivity contribution is 5.80. The molecule has 0 aliphatic heterocycles. The van der Waals surface area contributed by atoms with Crippen LogP contribution in [0.25, 0.3) is 0 Å². The molecule has 0 spiro atoms. The number of carboxylic acids is 1. The molecule has 0 bridgehead atoms. The number of carboxylic acid groups (broad SMARTS) is 1. The Balaban J connectivity index is 3.02. The van der Waals surface area contributed by atoms with Crippen LogP contribution >= 0.6 is 0 Å². The molecule has 3 heteroatoms. The van der Waals surface area contributed by atoms with E-state index >= 15 is 0 Å². The molecule has 0 aliphatic carbocycles. The van der Waals surface area contributed by atoms with Gasteiger partial charge in [-0.2, -0.15) is 0 Å². The summed E-state index contributed by atoms with van der Waals surface area (Å²) in [5, 5.41) is 12.5. The van der Waals surface area contributed by atoms with Gasteiger partial charge in [0.1, 0.15) is 5.54 Å². The number of aliphatic carboxylic acids is 1. The number of rotatable bonds is 6. The van der Waals surface area contributed by atoms with Crippen LogP contribution in [0.4, 0.5) is 0 Å². The van der Waals surface area contributed by atoms with Crippen LogP contribution in [0.2, 0.25) is 0 Å². The molecule has 0 aliphatic rings. The Hall–Kier alpha value is -1.35. The van der Waals surface area contributed by atoms with Gasteiger partial charge in [0.2, 0.25) is 0 Å². The molecule has 1 aromatic rings. The number of benzene rings is 1. The standard InChI is InChI=1S/C15H23NO2/c1-5-10-16-15(4,14(17)18)13-8-6-12(7-9-13)11(2)3/h6-9,11,16H,5,10H2,1-4H3,(H,17,18). The predicted molar refractivity (Wildman–Crippen MR) is 73.8 cm³/mol. The van der Waals surface area contributed by atoms with Gasteiger partial charge in [-0.05, 0) is 36.9 Å². The van der Waals surface area contributed by atoms with Crippen LogP contribution in [0.15, 0.2) is 24.3 Å². The summed E-state index contributed by atoms with van der Waals surface area (Å²) in [6, 6.07) is 7.84. The first-order valence-electron chi connectivity index (χ1n) is 6.50. The van der Waals surface area contributed by atoms with E-state index in [1.165, 1.54) is 5.56 Å². The minimum atomic E-state index is -1.01. The van der Waals surface area contributed by atoms with Gasteiger partial charge in [-0.1, -0.05) is 45.0 Å². The lowest BCUT2D eigenvalue weighted by Crippen LogP contribution is -2.46. The quantitative estimate of drug-likeness (QED) is 0.814. The molecule has 0 radical (unpaired) electrons. The third-order valence-corrected chi connectivity index (χ3v) is 3.31. The molecule has 0 saturated heterocycles. The molecule has 0 fully saturated rings. The van der Waals surface area contributed by atoms with Crippen LogP contribution in [0.5, 0.6) is 0 Å². The Morgan fingerprint density at radius 2 is 1.89 bits per heavy atom. The molecule has 18 heavy (non-hydrogen) atoms. The Kier molecular flexibility index (Phi) is 4.91.